The normalized spacial score (nSPS) is 13.1. The van der Waals surface area contributed by atoms with Gasteiger partial charge in [0.2, 0.25) is 0 Å². The van der Waals surface area contributed by atoms with Gasteiger partial charge in [0.15, 0.2) is 11.6 Å². The van der Waals surface area contributed by atoms with Crippen molar-refractivity contribution < 1.29 is 18.7 Å². The molecule has 100 valence electrons. The zero-order valence-corrected chi connectivity index (χ0v) is 11.6. The van der Waals surface area contributed by atoms with E-state index in [9.17, 15) is 18.7 Å². The third-order valence-electron chi connectivity index (χ3n) is 3.19. The van der Waals surface area contributed by atoms with Crippen LogP contribution in [-0.4, -0.2) is 20.7 Å². The van der Waals surface area contributed by atoms with Gasteiger partial charge in [-0.15, -0.1) is 0 Å². The standard InChI is InChI=1S/C14H8O4S2/c15-13-7-3-1-5-9(19-17)11(7)14(16)8-4-2-6-10(20-18)12(8)13/h1-6,17-18H. The van der Waals surface area contributed by atoms with Crippen molar-refractivity contribution in [2.24, 2.45) is 0 Å². The van der Waals surface area contributed by atoms with Gasteiger partial charge in [0.1, 0.15) is 0 Å². The van der Waals surface area contributed by atoms with E-state index in [0.29, 0.717) is 33.9 Å². The lowest BCUT2D eigenvalue weighted by molar-refractivity contribution is 0.0974. The Morgan fingerprint density at radius 2 is 1.10 bits per heavy atom. The molecule has 0 atom stereocenters. The lowest BCUT2D eigenvalue weighted by Crippen LogP contribution is -2.22. The molecule has 20 heavy (non-hydrogen) atoms. The molecule has 0 saturated heterocycles. The maximum absolute atomic E-state index is 12.5. The van der Waals surface area contributed by atoms with Gasteiger partial charge >= 0.3 is 0 Å². The van der Waals surface area contributed by atoms with Gasteiger partial charge in [0.05, 0.1) is 0 Å². The van der Waals surface area contributed by atoms with E-state index in [1.54, 1.807) is 36.4 Å². The largest absolute Gasteiger partial charge is 0.325 e. The lowest BCUT2D eigenvalue weighted by Gasteiger charge is -2.20. The Balaban J connectivity index is 2.34. The van der Waals surface area contributed by atoms with Crippen molar-refractivity contribution in [2.45, 2.75) is 9.79 Å². The molecular weight excluding hydrogens is 296 g/mol. The highest BCUT2D eigenvalue weighted by Crippen LogP contribution is 2.36. The van der Waals surface area contributed by atoms with E-state index in [-0.39, 0.29) is 33.8 Å². The smallest absolute Gasteiger partial charge is 0.195 e. The van der Waals surface area contributed by atoms with Crippen LogP contribution in [0.15, 0.2) is 46.2 Å². The van der Waals surface area contributed by atoms with Crippen LogP contribution in [0.1, 0.15) is 31.8 Å². The molecule has 4 nitrogen and oxygen atoms in total. The average Bonchev–Trinajstić information content (AvgIpc) is 2.50. The fourth-order valence-electron chi connectivity index (χ4n) is 2.33. The van der Waals surface area contributed by atoms with Gasteiger partial charge in [0, 0.05) is 56.1 Å². The highest BCUT2D eigenvalue weighted by atomic mass is 32.2. The molecule has 6 heteroatoms. The SMILES string of the molecule is O=C1c2cccc(SO)c2C(=O)c2cccc(SO)c21. The van der Waals surface area contributed by atoms with Gasteiger partial charge in [-0.05, 0) is 12.1 Å². The Kier molecular flexibility index (Phi) is 3.39. The summed E-state index contributed by atoms with van der Waals surface area (Å²) in [7, 11) is 0. The first-order chi connectivity index (χ1) is 9.69. The predicted octanol–water partition coefficient (Wildman–Crippen LogP) is 3.59. The Hall–Kier alpha value is -1.60. The summed E-state index contributed by atoms with van der Waals surface area (Å²) in [5.74, 6) is -0.634. The topological polar surface area (TPSA) is 74.6 Å². The summed E-state index contributed by atoms with van der Waals surface area (Å²) >= 11 is 0.892. The van der Waals surface area contributed by atoms with E-state index in [4.69, 9.17) is 0 Å². The molecule has 0 heterocycles. The fraction of sp³-hybridized carbons (Fsp3) is 0. The second kappa shape index (κ2) is 5.06. The van der Waals surface area contributed by atoms with Crippen LogP contribution >= 0.6 is 24.1 Å². The fourth-order valence-corrected chi connectivity index (χ4v) is 3.20. The Morgan fingerprint density at radius 1 is 0.700 bits per heavy atom. The molecule has 1 aliphatic carbocycles. The summed E-state index contributed by atoms with van der Waals surface area (Å²) in [5, 5.41) is 0. The second-order valence-electron chi connectivity index (χ2n) is 4.20. The Bertz CT molecular complexity index is 676. The van der Waals surface area contributed by atoms with Gasteiger partial charge in [-0.25, -0.2) is 0 Å². The predicted molar refractivity (Wildman–Crippen MR) is 76.7 cm³/mol. The molecule has 2 aromatic carbocycles. The van der Waals surface area contributed by atoms with Gasteiger partial charge in [-0.2, -0.15) is 0 Å². The van der Waals surface area contributed by atoms with E-state index < -0.39 is 0 Å². The maximum Gasteiger partial charge on any atom is 0.195 e. The van der Waals surface area contributed by atoms with Gasteiger partial charge in [0.25, 0.3) is 0 Å². The molecule has 0 saturated carbocycles. The van der Waals surface area contributed by atoms with Crippen LogP contribution in [0, 0.1) is 0 Å². The molecule has 0 fully saturated rings. The van der Waals surface area contributed by atoms with Crippen molar-refractivity contribution in [1.82, 2.24) is 0 Å². The molecule has 2 aromatic rings. The minimum absolute atomic E-state index is 0.220. The highest BCUT2D eigenvalue weighted by molar-refractivity contribution is 7.94. The van der Waals surface area contributed by atoms with Crippen molar-refractivity contribution in [3.63, 3.8) is 0 Å². The number of fused-ring (bicyclic) bond motifs is 2. The van der Waals surface area contributed by atoms with Crippen LogP contribution in [0.4, 0.5) is 0 Å². The maximum atomic E-state index is 12.5. The summed E-state index contributed by atoms with van der Waals surface area (Å²) in [5.41, 5.74) is 0.946. The van der Waals surface area contributed by atoms with Crippen molar-refractivity contribution in [3.05, 3.63) is 58.7 Å². The van der Waals surface area contributed by atoms with E-state index >= 15 is 0 Å². The number of ketones is 2. The minimum atomic E-state index is -0.317. The number of rotatable bonds is 2. The molecule has 0 amide bonds. The van der Waals surface area contributed by atoms with Crippen LogP contribution in [0.2, 0.25) is 0 Å². The number of carbonyl (C=O) groups is 2. The summed E-state index contributed by atoms with van der Waals surface area (Å²) < 4.78 is 18.5. The molecule has 0 unspecified atom stereocenters. The van der Waals surface area contributed by atoms with Crippen LogP contribution in [0.25, 0.3) is 0 Å². The monoisotopic (exact) mass is 304 g/mol. The molecule has 2 N–H and O–H groups in total. The van der Waals surface area contributed by atoms with E-state index in [0.717, 1.165) is 0 Å². The van der Waals surface area contributed by atoms with Crippen molar-refractivity contribution in [3.8, 4) is 0 Å². The molecule has 0 radical (unpaired) electrons. The van der Waals surface area contributed by atoms with Crippen LogP contribution in [-0.2, 0) is 0 Å². The quantitative estimate of drug-likeness (QED) is 0.705. The van der Waals surface area contributed by atoms with E-state index in [2.05, 4.69) is 0 Å². The van der Waals surface area contributed by atoms with Crippen molar-refractivity contribution in [1.29, 1.82) is 0 Å². The highest BCUT2D eigenvalue weighted by Gasteiger charge is 2.33. The summed E-state index contributed by atoms with van der Waals surface area (Å²) in [6.45, 7) is 0. The molecule has 3 rings (SSSR count). The summed E-state index contributed by atoms with van der Waals surface area (Å²) in [6.07, 6.45) is 0. The second-order valence-corrected chi connectivity index (χ2v) is 5.44. The number of benzene rings is 2. The van der Waals surface area contributed by atoms with Crippen molar-refractivity contribution >= 4 is 35.7 Å². The zero-order chi connectivity index (χ0) is 14.3. The first-order valence-electron chi connectivity index (χ1n) is 5.67. The van der Waals surface area contributed by atoms with Gasteiger partial charge in [-0.1, -0.05) is 24.3 Å². The number of hydrogen-bond donors (Lipinski definition) is 2. The molecule has 0 bridgehead atoms. The van der Waals surface area contributed by atoms with Gasteiger partial charge in [-0.3, -0.25) is 9.59 Å². The zero-order valence-electron chi connectivity index (χ0n) is 9.99. The van der Waals surface area contributed by atoms with Gasteiger partial charge < -0.3 is 9.11 Å². The lowest BCUT2D eigenvalue weighted by atomic mass is 9.84. The number of hydrogen-bond acceptors (Lipinski definition) is 6. The molecule has 0 aromatic heterocycles. The number of carbonyl (C=O) groups excluding carboxylic acids is 2. The molecule has 0 aliphatic heterocycles. The van der Waals surface area contributed by atoms with Crippen molar-refractivity contribution in [2.75, 3.05) is 0 Å². The Morgan fingerprint density at radius 3 is 1.45 bits per heavy atom. The third kappa shape index (κ3) is 1.81. The molecular formula is C14H8O4S2. The van der Waals surface area contributed by atoms with E-state index in [1.165, 1.54) is 0 Å². The third-order valence-corrected chi connectivity index (χ3v) is 4.27. The van der Waals surface area contributed by atoms with E-state index in [1.807, 2.05) is 0 Å². The first kappa shape index (κ1) is 13.4. The minimum Gasteiger partial charge on any atom is -0.325 e. The Labute approximate surface area is 123 Å². The summed E-state index contributed by atoms with van der Waals surface area (Å²) in [4.78, 5) is 25.8. The molecule has 0 spiro atoms. The van der Waals surface area contributed by atoms with Crippen LogP contribution in [0.3, 0.4) is 0 Å². The first-order valence-corrected chi connectivity index (χ1v) is 7.22. The summed E-state index contributed by atoms with van der Waals surface area (Å²) in [6, 6.07) is 9.51. The van der Waals surface area contributed by atoms with Crippen LogP contribution in [0.5, 0.6) is 0 Å². The average molecular weight is 304 g/mol. The molecule has 1 aliphatic rings. The van der Waals surface area contributed by atoms with Crippen LogP contribution < -0.4 is 0 Å².